The van der Waals surface area contributed by atoms with Crippen molar-refractivity contribution in [3.8, 4) is 0 Å². The largest absolute Gasteiger partial charge is 0.377 e. The molecule has 0 atom stereocenters. The van der Waals surface area contributed by atoms with E-state index >= 15 is 0 Å². The van der Waals surface area contributed by atoms with Gasteiger partial charge >= 0.3 is 0 Å². The molecule has 0 aromatic heterocycles. The number of hydrogen-bond donors (Lipinski definition) is 1. The third-order valence-corrected chi connectivity index (χ3v) is 6.20. The fourth-order valence-electron chi connectivity index (χ4n) is 3.90. The zero-order valence-electron chi connectivity index (χ0n) is 25.5. The molecule has 0 aromatic rings. The Balaban J connectivity index is 1.14. The van der Waals surface area contributed by atoms with Crippen LogP contribution in [0.25, 0.3) is 0 Å². The molecular weight excluding hydrogens is 568 g/mol. The van der Waals surface area contributed by atoms with E-state index in [0.29, 0.717) is 125 Å². The molecule has 2 aliphatic rings. The highest BCUT2D eigenvalue weighted by Crippen LogP contribution is 2.06. The summed E-state index contributed by atoms with van der Waals surface area (Å²) in [5.74, 6) is -0.608. The second-order valence-electron chi connectivity index (χ2n) is 9.49. The van der Waals surface area contributed by atoms with Crippen molar-refractivity contribution in [3.63, 3.8) is 0 Å². The summed E-state index contributed by atoms with van der Waals surface area (Å²) in [6.07, 6.45) is 5.03. The van der Waals surface area contributed by atoms with Crippen molar-refractivity contribution in [3.05, 3.63) is 12.2 Å². The maximum Gasteiger partial charge on any atom is 0.253 e. The number of amides is 2. The molecule has 0 radical (unpaired) electrons. The Morgan fingerprint density at radius 1 is 0.488 bits per heavy atom. The monoisotopic (exact) mass is 620 g/mol. The third kappa shape index (κ3) is 21.7. The summed E-state index contributed by atoms with van der Waals surface area (Å²) >= 11 is 0. The Morgan fingerprint density at radius 3 is 1.14 bits per heavy atom. The summed E-state index contributed by atoms with van der Waals surface area (Å²) in [6.45, 7) is 11.6. The molecule has 0 bridgehead atoms. The molecule has 1 fully saturated rings. The van der Waals surface area contributed by atoms with Gasteiger partial charge in [0.2, 0.25) is 0 Å². The van der Waals surface area contributed by atoms with E-state index in [0.717, 1.165) is 30.8 Å². The molecule has 0 spiro atoms. The number of nitrogens with zero attached hydrogens (tertiary/aromatic N) is 1. The van der Waals surface area contributed by atoms with E-state index in [9.17, 15) is 9.59 Å². The van der Waals surface area contributed by atoms with Gasteiger partial charge in [-0.25, -0.2) is 0 Å². The zero-order chi connectivity index (χ0) is 30.5. The van der Waals surface area contributed by atoms with Gasteiger partial charge in [0.05, 0.1) is 138 Å². The minimum absolute atomic E-state index is 0.243. The summed E-state index contributed by atoms with van der Waals surface area (Å²) in [5.41, 5.74) is 0. The molecule has 2 heterocycles. The SMILES string of the molecule is O=C1C=CC(=O)N1CCOCCOCCOCCOCCOCCOCCOCCOCCOCCOC1CCNCC1. The zero-order valence-corrected chi connectivity index (χ0v) is 25.5. The van der Waals surface area contributed by atoms with E-state index in [1.165, 1.54) is 12.2 Å². The minimum atomic E-state index is -0.304. The van der Waals surface area contributed by atoms with Gasteiger partial charge in [0.1, 0.15) is 0 Å². The van der Waals surface area contributed by atoms with E-state index in [2.05, 4.69) is 5.32 Å². The number of carbonyl (C=O) groups excluding carboxylic acids is 2. The Morgan fingerprint density at radius 2 is 0.791 bits per heavy atom. The van der Waals surface area contributed by atoms with Gasteiger partial charge in [0.15, 0.2) is 0 Å². The maximum absolute atomic E-state index is 11.4. The van der Waals surface area contributed by atoms with E-state index < -0.39 is 0 Å². The van der Waals surface area contributed by atoms with E-state index in [4.69, 9.17) is 47.4 Å². The number of ether oxygens (including phenoxy) is 10. The van der Waals surface area contributed by atoms with Crippen LogP contribution in [0.15, 0.2) is 12.2 Å². The van der Waals surface area contributed by atoms with Crippen molar-refractivity contribution in [2.75, 3.05) is 145 Å². The van der Waals surface area contributed by atoms with E-state index in [-0.39, 0.29) is 25.0 Å². The molecule has 250 valence electrons. The van der Waals surface area contributed by atoms with Crippen LogP contribution in [-0.4, -0.2) is 168 Å². The lowest BCUT2D eigenvalue weighted by Gasteiger charge is -2.22. The number of hydrogen-bond acceptors (Lipinski definition) is 13. The number of nitrogens with one attached hydrogen (secondary N) is 1. The molecule has 14 nitrogen and oxygen atoms in total. The summed E-state index contributed by atoms with van der Waals surface area (Å²) in [5, 5.41) is 3.32. The Hall–Kier alpha value is -1.56. The average molecular weight is 621 g/mol. The lowest BCUT2D eigenvalue weighted by Crippen LogP contribution is -2.33. The van der Waals surface area contributed by atoms with E-state index in [1.807, 2.05) is 0 Å². The topological polar surface area (TPSA) is 142 Å². The van der Waals surface area contributed by atoms with Gasteiger partial charge in [-0.2, -0.15) is 0 Å². The highest BCUT2D eigenvalue weighted by atomic mass is 16.6. The number of imide groups is 1. The molecule has 2 amide bonds. The quantitative estimate of drug-likeness (QED) is 0.0811. The van der Waals surface area contributed by atoms with Crippen molar-refractivity contribution < 1.29 is 57.0 Å². The smallest absolute Gasteiger partial charge is 0.253 e. The first kappa shape index (κ1) is 37.6. The Bertz CT molecular complexity index is 691. The van der Waals surface area contributed by atoms with Gasteiger partial charge in [-0.15, -0.1) is 0 Å². The molecule has 14 heteroatoms. The highest BCUT2D eigenvalue weighted by molar-refractivity contribution is 6.12. The predicted molar refractivity (Wildman–Crippen MR) is 155 cm³/mol. The maximum atomic E-state index is 11.4. The van der Waals surface area contributed by atoms with Crippen molar-refractivity contribution in [1.82, 2.24) is 10.2 Å². The molecule has 43 heavy (non-hydrogen) atoms. The molecule has 1 N–H and O–H groups in total. The van der Waals surface area contributed by atoms with Gasteiger partial charge in [-0.05, 0) is 25.9 Å². The Kier molecular flexibility index (Phi) is 24.5. The van der Waals surface area contributed by atoms with Crippen LogP contribution in [0.1, 0.15) is 12.8 Å². The van der Waals surface area contributed by atoms with Crippen LogP contribution >= 0.6 is 0 Å². The standard InChI is InChI=1S/C29H52N2O12/c32-28-1-2-29(33)31(28)7-8-34-9-10-35-11-12-36-13-14-37-15-16-38-17-18-39-19-20-40-21-22-41-23-24-42-25-26-43-27-3-5-30-6-4-27/h1-2,27,30H,3-26H2. The van der Waals surface area contributed by atoms with Crippen molar-refractivity contribution >= 4 is 11.8 Å². The van der Waals surface area contributed by atoms with Gasteiger partial charge in [-0.1, -0.05) is 0 Å². The third-order valence-electron chi connectivity index (χ3n) is 6.20. The lowest BCUT2D eigenvalue weighted by molar-refractivity contribution is -0.137. The summed E-state index contributed by atoms with van der Waals surface area (Å²) in [4.78, 5) is 23.9. The van der Waals surface area contributed by atoms with Crippen LogP contribution in [0.3, 0.4) is 0 Å². The van der Waals surface area contributed by atoms with E-state index in [1.54, 1.807) is 0 Å². The number of piperidine rings is 1. The van der Waals surface area contributed by atoms with Gasteiger partial charge in [0, 0.05) is 12.2 Å². The van der Waals surface area contributed by atoms with Gasteiger partial charge in [0.25, 0.3) is 11.8 Å². The van der Waals surface area contributed by atoms with Crippen LogP contribution in [0.2, 0.25) is 0 Å². The summed E-state index contributed by atoms with van der Waals surface area (Å²) in [7, 11) is 0. The van der Waals surface area contributed by atoms with Crippen LogP contribution in [-0.2, 0) is 57.0 Å². The normalized spacial score (nSPS) is 15.8. The molecule has 0 saturated carbocycles. The molecule has 0 aliphatic carbocycles. The average Bonchev–Trinajstić information content (AvgIpc) is 3.34. The molecule has 2 aliphatic heterocycles. The van der Waals surface area contributed by atoms with Crippen LogP contribution in [0.4, 0.5) is 0 Å². The second-order valence-corrected chi connectivity index (χ2v) is 9.49. The molecule has 1 saturated heterocycles. The minimum Gasteiger partial charge on any atom is -0.377 e. The molecule has 2 rings (SSSR count). The van der Waals surface area contributed by atoms with Crippen LogP contribution in [0, 0.1) is 0 Å². The summed E-state index contributed by atoms with van der Waals surface area (Å²) < 4.78 is 54.9. The molecule has 0 unspecified atom stereocenters. The number of carbonyl (C=O) groups is 2. The number of rotatable bonds is 31. The summed E-state index contributed by atoms with van der Waals surface area (Å²) in [6, 6.07) is 0. The van der Waals surface area contributed by atoms with Gasteiger partial charge < -0.3 is 52.7 Å². The second kappa shape index (κ2) is 28.0. The fourth-order valence-corrected chi connectivity index (χ4v) is 3.90. The molecular formula is C29H52N2O12. The first-order valence-corrected chi connectivity index (χ1v) is 15.3. The van der Waals surface area contributed by atoms with Gasteiger partial charge in [-0.3, -0.25) is 14.5 Å². The first-order chi connectivity index (χ1) is 21.3. The predicted octanol–water partition coefficient (Wildman–Crippen LogP) is -0.171. The first-order valence-electron chi connectivity index (χ1n) is 15.3. The van der Waals surface area contributed by atoms with Crippen LogP contribution < -0.4 is 5.32 Å². The molecule has 0 aromatic carbocycles. The van der Waals surface area contributed by atoms with Crippen molar-refractivity contribution in [2.24, 2.45) is 0 Å². The Labute approximate surface area is 255 Å². The van der Waals surface area contributed by atoms with Crippen molar-refractivity contribution in [2.45, 2.75) is 18.9 Å². The highest BCUT2D eigenvalue weighted by Gasteiger charge is 2.22. The fraction of sp³-hybridized carbons (Fsp3) is 0.862. The lowest BCUT2D eigenvalue weighted by atomic mass is 10.1. The van der Waals surface area contributed by atoms with Crippen molar-refractivity contribution in [1.29, 1.82) is 0 Å². The van der Waals surface area contributed by atoms with Crippen LogP contribution in [0.5, 0.6) is 0 Å².